The molecule has 0 bridgehead atoms. The second kappa shape index (κ2) is 9.07. The summed E-state index contributed by atoms with van der Waals surface area (Å²) in [6, 6.07) is 9.08. The maximum atomic E-state index is 14.5. The van der Waals surface area contributed by atoms with Gasteiger partial charge in [-0.2, -0.15) is 0 Å². The van der Waals surface area contributed by atoms with Crippen LogP contribution in [0.5, 0.6) is 0 Å². The number of halogens is 1. The normalized spacial score (nSPS) is 21.7. The van der Waals surface area contributed by atoms with Crippen molar-refractivity contribution in [3.05, 3.63) is 58.8 Å². The van der Waals surface area contributed by atoms with Crippen molar-refractivity contribution in [2.24, 2.45) is 17.6 Å². The minimum absolute atomic E-state index is 0.0321. The van der Waals surface area contributed by atoms with Crippen molar-refractivity contribution in [1.29, 1.82) is 0 Å². The van der Waals surface area contributed by atoms with Gasteiger partial charge >= 0.3 is 0 Å². The first-order chi connectivity index (χ1) is 14.5. The SMILES string of the molecule is N[C@H]1CN(CC(=O)Nc2ccc(-n3ccccc3=O)cc2F)C[C@@H]1CNCC1CC1. The molecule has 2 fully saturated rings. The Morgan fingerprint density at radius 1 is 1.17 bits per heavy atom. The van der Waals surface area contributed by atoms with Gasteiger partial charge in [0.05, 0.1) is 17.9 Å². The van der Waals surface area contributed by atoms with Crippen LogP contribution in [0.2, 0.25) is 0 Å². The highest BCUT2D eigenvalue weighted by molar-refractivity contribution is 5.92. The third-order valence-corrected chi connectivity index (χ3v) is 5.80. The number of benzene rings is 1. The number of hydrogen-bond acceptors (Lipinski definition) is 5. The summed E-state index contributed by atoms with van der Waals surface area (Å²) >= 11 is 0. The maximum Gasteiger partial charge on any atom is 0.255 e. The molecule has 2 aromatic rings. The van der Waals surface area contributed by atoms with Crippen LogP contribution < -0.4 is 21.9 Å². The number of anilines is 1. The summed E-state index contributed by atoms with van der Waals surface area (Å²) in [6.07, 6.45) is 4.20. The number of amides is 1. The van der Waals surface area contributed by atoms with Gasteiger partial charge in [-0.05, 0) is 43.5 Å². The highest BCUT2D eigenvalue weighted by atomic mass is 19.1. The fraction of sp³-hybridized carbons (Fsp3) is 0.455. The van der Waals surface area contributed by atoms with E-state index >= 15 is 0 Å². The van der Waals surface area contributed by atoms with E-state index in [1.54, 1.807) is 24.4 Å². The summed E-state index contributed by atoms with van der Waals surface area (Å²) in [4.78, 5) is 26.3. The fourth-order valence-corrected chi connectivity index (χ4v) is 3.92. The van der Waals surface area contributed by atoms with E-state index in [2.05, 4.69) is 10.6 Å². The Kier molecular flexibility index (Phi) is 6.26. The van der Waals surface area contributed by atoms with Crippen molar-refractivity contribution < 1.29 is 9.18 Å². The van der Waals surface area contributed by atoms with Gasteiger partial charge in [0, 0.05) is 49.9 Å². The number of nitrogens with two attached hydrogens (primary N) is 1. The molecule has 2 aliphatic rings. The molecule has 1 saturated heterocycles. The van der Waals surface area contributed by atoms with Crippen LogP contribution in [0.3, 0.4) is 0 Å². The molecule has 2 atom stereocenters. The Hall–Kier alpha value is -2.55. The van der Waals surface area contributed by atoms with Crippen molar-refractivity contribution in [2.45, 2.75) is 18.9 Å². The van der Waals surface area contributed by atoms with Gasteiger partial charge in [-0.1, -0.05) is 6.07 Å². The third-order valence-electron chi connectivity index (χ3n) is 5.80. The molecule has 1 aliphatic heterocycles. The number of likely N-dealkylation sites (tertiary alicyclic amines) is 1. The molecule has 4 N–H and O–H groups in total. The number of hydrogen-bond donors (Lipinski definition) is 3. The molecule has 4 rings (SSSR count). The van der Waals surface area contributed by atoms with Crippen LogP contribution in [0.15, 0.2) is 47.4 Å². The zero-order valence-corrected chi connectivity index (χ0v) is 16.9. The van der Waals surface area contributed by atoms with Crippen molar-refractivity contribution in [1.82, 2.24) is 14.8 Å². The molecule has 1 aromatic heterocycles. The predicted octanol–water partition coefficient (Wildman–Crippen LogP) is 1.17. The van der Waals surface area contributed by atoms with E-state index in [1.165, 1.54) is 35.6 Å². The van der Waals surface area contributed by atoms with E-state index in [-0.39, 0.29) is 29.7 Å². The summed E-state index contributed by atoms with van der Waals surface area (Å²) in [5.74, 6) is 0.275. The molecule has 1 amide bonds. The smallest absolute Gasteiger partial charge is 0.255 e. The number of nitrogens with zero attached hydrogens (tertiary/aromatic N) is 2. The van der Waals surface area contributed by atoms with Crippen molar-refractivity contribution >= 4 is 11.6 Å². The Morgan fingerprint density at radius 2 is 2.00 bits per heavy atom. The average molecular weight is 413 g/mol. The summed E-state index contributed by atoms with van der Waals surface area (Å²) in [7, 11) is 0. The van der Waals surface area contributed by atoms with Crippen LogP contribution in [-0.2, 0) is 4.79 Å². The van der Waals surface area contributed by atoms with Gasteiger partial charge < -0.3 is 16.4 Å². The van der Waals surface area contributed by atoms with Gasteiger partial charge in [-0.15, -0.1) is 0 Å². The minimum Gasteiger partial charge on any atom is -0.326 e. The first kappa shape index (κ1) is 20.7. The summed E-state index contributed by atoms with van der Waals surface area (Å²) < 4.78 is 15.8. The van der Waals surface area contributed by atoms with Crippen LogP contribution >= 0.6 is 0 Å². The van der Waals surface area contributed by atoms with Gasteiger partial charge in [0.1, 0.15) is 5.82 Å². The van der Waals surface area contributed by atoms with E-state index in [1.807, 2.05) is 4.90 Å². The molecule has 0 radical (unpaired) electrons. The Bertz CT molecular complexity index is 959. The molecule has 1 saturated carbocycles. The van der Waals surface area contributed by atoms with Gasteiger partial charge in [0.15, 0.2) is 0 Å². The van der Waals surface area contributed by atoms with E-state index in [0.717, 1.165) is 25.6 Å². The van der Waals surface area contributed by atoms with E-state index in [0.29, 0.717) is 18.2 Å². The second-order valence-electron chi connectivity index (χ2n) is 8.34. The van der Waals surface area contributed by atoms with Crippen molar-refractivity contribution in [3.8, 4) is 5.69 Å². The Balaban J connectivity index is 1.30. The molecular formula is C22H28FN5O2. The van der Waals surface area contributed by atoms with Crippen molar-refractivity contribution in [2.75, 3.05) is 38.0 Å². The van der Waals surface area contributed by atoms with Gasteiger partial charge in [0.25, 0.3) is 5.56 Å². The molecule has 1 aromatic carbocycles. The molecule has 0 spiro atoms. The summed E-state index contributed by atoms with van der Waals surface area (Å²) in [5, 5.41) is 6.11. The van der Waals surface area contributed by atoms with Crippen molar-refractivity contribution in [3.63, 3.8) is 0 Å². The quantitative estimate of drug-likeness (QED) is 0.604. The zero-order valence-electron chi connectivity index (χ0n) is 16.9. The Morgan fingerprint density at radius 3 is 2.73 bits per heavy atom. The number of aromatic nitrogens is 1. The number of carbonyl (C=O) groups is 1. The number of pyridine rings is 1. The van der Waals surface area contributed by atoms with Gasteiger partial charge in [-0.25, -0.2) is 4.39 Å². The molecule has 30 heavy (non-hydrogen) atoms. The number of carbonyl (C=O) groups excluding carboxylic acids is 1. The topological polar surface area (TPSA) is 92.4 Å². The first-order valence-electron chi connectivity index (χ1n) is 10.5. The maximum absolute atomic E-state index is 14.5. The number of nitrogens with one attached hydrogen (secondary N) is 2. The molecule has 8 heteroatoms. The summed E-state index contributed by atoms with van der Waals surface area (Å²) in [5.41, 5.74) is 6.49. The van der Waals surface area contributed by atoms with Crippen LogP contribution in [0.1, 0.15) is 12.8 Å². The standard InChI is InChI=1S/C22H28FN5O2/c23-18-9-17(28-8-2-1-3-22(28)30)6-7-20(18)26-21(29)14-27-12-16(19(24)13-27)11-25-10-15-4-5-15/h1-3,6-9,15-16,19,25H,4-5,10-14,24H2,(H,26,29)/t16-,19-/m0/s1. The largest absolute Gasteiger partial charge is 0.326 e. The summed E-state index contributed by atoms with van der Waals surface area (Å²) in [6.45, 7) is 3.50. The molecular weight excluding hydrogens is 385 g/mol. The monoisotopic (exact) mass is 413 g/mol. The number of rotatable bonds is 8. The first-order valence-corrected chi connectivity index (χ1v) is 10.5. The molecule has 0 unspecified atom stereocenters. The lowest BCUT2D eigenvalue weighted by Crippen LogP contribution is -2.36. The highest BCUT2D eigenvalue weighted by Crippen LogP contribution is 2.27. The third kappa shape index (κ3) is 5.13. The molecule has 7 nitrogen and oxygen atoms in total. The van der Waals surface area contributed by atoms with Crippen LogP contribution in [0.4, 0.5) is 10.1 Å². The molecule has 160 valence electrons. The zero-order chi connectivity index (χ0) is 21.1. The molecule has 2 heterocycles. The Labute approximate surface area is 175 Å². The fourth-order valence-electron chi connectivity index (χ4n) is 3.92. The van der Waals surface area contributed by atoms with Gasteiger partial charge in [0.2, 0.25) is 5.91 Å². The predicted molar refractivity (Wildman–Crippen MR) is 114 cm³/mol. The van der Waals surface area contributed by atoms with E-state index in [4.69, 9.17) is 5.73 Å². The highest BCUT2D eigenvalue weighted by Gasteiger charge is 2.31. The van der Waals surface area contributed by atoms with Crippen LogP contribution in [0.25, 0.3) is 5.69 Å². The molecule has 1 aliphatic carbocycles. The lowest BCUT2D eigenvalue weighted by molar-refractivity contribution is -0.117. The van der Waals surface area contributed by atoms with E-state index < -0.39 is 5.82 Å². The average Bonchev–Trinajstić information content (AvgIpc) is 3.47. The van der Waals surface area contributed by atoms with Crippen LogP contribution in [0, 0.1) is 17.7 Å². The lowest BCUT2D eigenvalue weighted by atomic mass is 10.1. The minimum atomic E-state index is -0.586. The second-order valence-corrected chi connectivity index (χ2v) is 8.34. The van der Waals surface area contributed by atoms with E-state index in [9.17, 15) is 14.0 Å². The van der Waals surface area contributed by atoms with Gasteiger partial charge in [-0.3, -0.25) is 19.1 Å². The van der Waals surface area contributed by atoms with Crippen LogP contribution in [-0.4, -0.2) is 54.1 Å². The lowest BCUT2D eigenvalue weighted by Gasteiger charge is -2.16.